The molecule has 0 atom stereocenters. The quantitative estimate of drug-likeness (QED) is 0.562. The maximum atomic E-state index is 4.20. The van der Waals surface area contributed by atoms with Gasteiger partial charge in [0, 0.05) is 11.9 Å². The van der Waals surface area contributed by atoms with Gasteiger partial charge in [-0.1, -0.05) is 0 Å². The number of nitrogens with zero attached hydrogens (tertiary/aromatic N) is 2. The average Bonchev–Trinajstić information content (AvgIpc) is 2.04. The summed E-state index contributed by atoms with van der Waals surface area (Å²) in [5.41, 5.74) is 2.60. The van der Waals surface area contributed by atoms with E-state index in [9.17, 15) is 0 Å². The molecule has 2 rings (SSSR count). The molecule has 2 heterocycles. The lowest BCUT2D eigenvalue weighted by atomic mass is 10.3. The van der Waals surface area contributed by atoms with E-state index in [0.717, 1.165) is 16.7 Å². The molecule has 0 saturated heterocycles. The summed E-state index contributed by atoms with van der Waals surface area (Å²) in [6.45, 7) is 3.73. The first-order valence-electron chi connectivity index (χ1n) is 3.40. The third-order valence-electron chi connectivity index (χ3n) is 1.51. The lowest BCUT2D eigenvalue weighted by Crippen LogP contribution is -1.83. The summed E-state index contributed by atoms with van der Waals surface area (Å²) in [7, 11) is 0. The van der Waals surface area contributed by atoms with Crippen LogP contribution >= 0.6 is 0 Å². The highest BCUT2D eigenvalue weighted by molar-refractivity contribution is 5.73. The zero-order valence-corrected chi connectivity index (χ0v) is 5.99. The molecule has 0 aliphatic carbocycles. The molecule has 2 heteroatoms. The van der Waals surface area contributed by atoms with Gasteiger partial charge in [-0.3, -0.25) is 9.97 Å². The van der Waals surface area contributed by atoms with Crippen molar-refractivity contribution in [2.45, 2.75) is 0 Å². The maximum absolute atomic E-state index is 4.20. The first-order chi connectivity index (χ1) is 5.36. The Morgan fingerprint density at radius 1 is 1.09 bits per heavy atom. The molecule has 2 nitrogen and oxygen atoms in total. The van der Waals surface area contributed by atoms with Crippen LogP contribution in [0, 0.1) is 6.92 Å². The van der Waals surface area contributed by atoms with Crippen LogP contribution in [0.15, 0.2) is 30.5 Å². The fraction of sp³-hybridized carbons (Fsp3) is 0. The molecular formula is C9H7N2. The predicted octanol–water partition coefficient (Wildman–Crippen LogP) is 1.81. The van der Waals surface area contributed by atoms with Crippen LogP contribution in [0.1, 0.15) is 5.69 Å². The van der Waals surface area contributed by atoms with E-state index >= 15 is 0 Å². The average molecular weight is 143 g/mol. The van der Waals surface area contributed by atoms with E-state index in [1.54, 1.807) is 6.20 Å². The zero-order valence-electron chi connectivity index (χ0n) is 5.99. The van der Waals surface area contributed by atoms with Crippen molar-refractivity contribution >= 4 is 11.0 Å². The molecule has 2 aromatic heterocycles. The molecule has 0 aliphatic heterocycles. The second-order valence-corrected chi connectivity index (χ2v) is 2.34. The van der Waals surface area contributed by atoms with Crippen molar-refractivity contribution in [1.29, 1.82) is 0 Å². The topological polar surface area (TPSA) is 25.8 Å². The second kappa shape index (κ2) is 2.31. The summed E-state index contributed by atoms with van der Waals surface area (Å²) >= 11 is 0. The van der Waals surface area contributed by atoms with Crippen LogP contribution in [0.25, 0.3) is 11.0 Å². The van der Waals surface area contributed by atoms with Gasteiger partial charge in [-0.2, -0.15) is 0 Å². The van der Waals surface area contributed by atoms with E-state index in [-0.39, 0.29) is 0 Å². The molecule has 0 aliphatic rings. The SMILES string of the molecule is [CH2]c1ccc2ncccc2n1. The Morgan fingerprint density at radius 2 is 2.00 bits per heavy atom. The molecule has 0 fully saturated rings. The van der Waals surface area contributed by atoms with Gasteiger partial charge in [0.2, 0.25) is 0 Å². The van der Waals surface area contributed by atoms with Crippen LogP contribution in [-0.4, -0.2) is 9.97 Å². The minimum absolute atomic E-state index is 0.783. The molecular weight excluding hydrogens is 136 g/mol. The summed E-state index contributed by atoms with van der Waals surface area (Å²) < 4.78 is 0. The summed E-state index contributed by atoms with van der Waals surface area (Å²) in [4.78, 5) is 8.33. The molecule has 0 saturated carbocycles. The Kier molecular flexibility index (Phi) is 1.32. The van der Waals surface area contributed by atoms with Gasteiger partial charge in [0.05, 0.1) is 11.0 Å². The van der Waals surface area contributed by atoms with Gasteiger partial charge in [0.1, 0.15) is 0 Å². The predicted molar refractivity (Wildman–Crippen MR) is 44.0 cm³/mol. The van der Waals surface area contributed by atoms with Gasteiger partial charge >= 0.3 is 0 Å². The van der Waals surface area contributed by atoms with E-state index in [1.165, 1.54) is 0 Å². The highest BCUT2D eigenvalue weighted by Crippen LogP contribution is 2.07. The number of pyridine rings is 2. The number of hydrogen-bond acceptors (Lipinski definition) is 2. The van der Waals surface area contributed by atoms with Crippen molar-refractivity contribution in [3.05, 3.63) is 43.1 Å². The van der Waals surface area contributed by atoms with Gasteiger partial charge in [0.15, 0.2) is 0 Å². The van der Waals surface area contributed by atoms with E-state index in [2.05, 4.69) is 16.9 Å². The molecule has 2 aromatic rings. The largest absolute Gasteiger partial charge is 0.255 e. The Labute approximate surface area is 64.9 Å². The molecule has 0 unspecified atom stereocenters. The van der Waals surface area contributed by atoms with Crippen LogP contribution in [0.3, 0.4) is 0 Å². The van der Waals surface area contributed by atoms with Crippen molar-refractivity contribution in [1.82, 2.24) is 9.97 Å². The molecule has 1 radical (unpaired) electrons. The number of fused-ring (bicyclic) bond motifs is 1. The lowest BCUT2D eigenvalue weighted by molar-refractivity contribution is 1.30. The Bertz CT molecular complexity index is 382. The number of hydrogen-bond donors (Lipinski definition) is 0. The fourth-order valence-corrected chi connectivity index (χ4v) is 0.999. The van der Waals surface area contributed by atoms with Crippen molar-refractivity contribution in [2.75, 3.05) is 0 Å². The molecule has 0 N–H and O–H groups in total. The third-order valence-corrected chi connectivity index (χ3v) is 1.51. The Morgan fingerprint density at radius 3 is 2.91 bits per heavy atom. The van der Waals surface area contributed by atoms with Gasteiger partial charge in [-0.25, -0.2) is 0 Å². The van der Waals surface area contributed by atoms with E-state index in [1.807, 2.05) is 24.3 Å². The van der Waals surface area contributed by atoms with Crippen LogP contribution in [0.4, 0.5) is 0 Å². The summed E-state index contributed by atoms with van der Waals surface area (Å²) in [6, 6.07) is 7.58. The standard InChI is InChI=1S/C9H7N2/c1-7-4-5-8-9(11-7)3-2-6-10-8/h2-6H,1H2. The van der Waals surface area contributed by atoms with Gasteiger partial charge in [-0.05, 0) is 31.2 Å². The fourth-order valence-electron chi connectivity index (χ4n) is 0.999. The van der Waals surface area contributed by atoms with Crippen molar-refractivity contribution < 1.29 is 0 Å². The third kappa shape index (κ3) is 1.07. The normalized spacial score (nSPS) is 10.3. The van der Waals surface area contributed by atoms with Gasteiger partial charge in [0.25, 0.3) is 0 Å². The second-order valence-electron chi connectivity index (χ2n) is 2.34. The van der Waals surface area contributed by atoms with Gasteiger partial charge < -0.3 is 0 Å². The van der Waals surface area contributed by atoms with Crippen molar-refractivity contribution in [3.63, 3.8) is 0 Å². The van der Waals surface area contributed by atoms with Crippen LogP contribution in [0.2, 0.25) is 0 Å². The Hall–Kier alpha value is -1.44. The van der Waals surface area contributed by atoms with Gasteiger partial charge in [-0.15, -0.1) is 0 Å². The first kappa shape index (κ1) is 6.28. The lowest BCUT2D eigenvalue weighted by Gasteiger charge is -1.95. The first-order valence-corrected chi connectivity index (χ1v) is 3.40. The highest BCUT2D eigenvalue weighted by atomic mass is 14.7. The molecule has 53 valence electrons. The Balaban J connectivity index is 2.83. The van der Waals surface area contributed by atoms with Crippen molar-refractivity contribution in [3.8, 4) is 0 Å². The summed E-state index contributed by atoms with van der Waals surface area (Å²) in [6.07, 6.45) is 1.76. The van der Waals surface area contributed by atoms with Crippen LogP contribution < -0.4 is 0 Å². The number of aromatic nitrogens is 2. The van der Waals surface area contributed by atoms with E-state index in [4.69, 9.17) is 0 Å². The number of rotatable bonds is 0. The minimum Gasteiger partial charge on any atom is -0.255 e. The smallest absolute Gasteiger partial charge is 0.0889 e. The van der Waals surface area contributed by atoms with Crippen LogP contribution in [-0.2, 0) is 0 Å². The van der Waals surface area contributed by atoms with Crippen molar-refractivity contribution in [2.24, 2.45) is 0 Å². The highest BCUT2D eigenvalue weighted by Gasteiger charge is 1.92. The molecule has 0 aromatic carbocycles. The van der Waals surface area contributed by atoms with Crippen LogP contribution in [0.5, 0.6) is 0 Å². The van der Waals surface area contributed by atoms with E-state index < -0.39 is 0 Å². The molecule has 0 bridgehead atoms. The molecule has 0 spiro atoms. The minimum atomic E-state index is 0.783. The zero-order chi connectivity index (χ0) is 7.68. The van der Waals surface area contributed by atoms with E-state index in [0.29, 0.717) is 0 Å². The summed E-state index contributed by atoms with van der Waals surface area (Å²) in [5, 5.41) is 0. The molecule has 0 amide bonds. The molecule has 11 heavy (non-hydrogen) atoms. The summed E-state index contributed by atoms with van der Waals surface area (Å²) in [5.74, 6) is 0. The maximum Gasteiger partial charge on any atom is 0.0889 e. The monoisotopic (exact) mass is 143 g/mol.